The summed E-state index contributed by atoms with van der Waals surface area (Å²) in [7, 11) is 2.90. The molecule has 2 heterocycles. The second-order valence-corrected chi connectivity index (χ2v) is 7.08. The van der Waals surface area contributed by atoms with Crippen molar-refractivity contribution in [1.82, 2.24) is 15.3 Å². The third-order valence-corrected chi connectivity index (χ3v) is 5.39. The van der Waals surface area contributed by atoms with E-state index in [-0.39, 0.29) is 17.8 Å². The summed E-state index contributed by atoms with van der Waals surface area (Å²) < 4.78 is 16.3. The molecule has 0 aliphatic carbocycles. The molecule has 0 saturated heterocycles. The second kappa shape index (κ2) is 8.61. The molecule has 2 atom stereocenters. The van der Waals surface area contributed by atoms with Gasteiger partial charge in [0, 0.05) is 6.54 Å². The summed E-state index contributed by atoms with van der Waals surface area (Å²) in [5.41, 5.74) is 1.52. The van der Waals surface area contributed by atoms with Gasteiger partial charge < -0.3 is 19.3 Å². The fourth-order valence-electron chi connectivity index (χ4n) is 4.03. The van der Waals surface area contributed by atoms with Crippen molar-refractivity contribution in [2.75, 3.05) is 20.8 Å². The lowest BCUT2D eigenvalue weighted by atomic mass is 9.73. The van der Waals surface area contributed by atoms with Crippen LogP contribution >= 0.6 is 0 Å². The maximum Gasteiger partial charge on any atom is 0.347 e. The molecule has 1 aliphatic rings. The molecule has 8 heteroatoms. The van der Waals surface area contributed by atoms with Crippen molar-refractivity contribution in [1.29, 1.82) is 0 Å². The zero-order valence-electron chi connectivity index (χ0n) is 17.2. The molecule has 2 aromatic carbocycles. The summed E-state index contributed by atoms with van der Waals surface area (Å²) in [5, 5.41) is 13.7. The second-order valence-electron chi connectivity index (χ2n) is 7.08. The fraction of sp³-hybridized carbons (Fsp3) is 0.261. The van der Waals surface area contributed by atoms with Gasteiger partial charge in [-0.05, 0) is 23.1 Å². The topological polar surface area (TPSA) is 103 Å². The summed E-state index contributed by atoms with van der Waals surface area (Å²) in [6.07, 6.45) is -0.589. The molecule has 0 unspecified atom stereocenters. The van der Waals surface area contributed by atoms with Crippen LogP contribution in [0.3, 0.4) is 0 Å². The highest BCUT2D eigenvalue weighted by molar-refractivity contribution is 5.77. The Labute approximate surface area is 179 Å². The molecular weight excluding hydrogens is 398 g/mol. The van der Waals surface area contributed by atoms with Gasteiger partial charge in [0.2, 0.25) is 17.9 Å². The van der Waals surface area contributed by atoms with Crippen LogP contribution in [0, 0.1) is 0 Å². The number of carboxylic acid groups (broad SMARTS) is 1. The monoisotopic (exact) mass is 421 g/mol. The first-order chi connectivity index (χ1) is 15.1. The highest BCUT2D eigenvalue weighted by atomic mass is 16.5. The molecule has 4 rings (SSSR count). The molecule has 3 aromatic rings. The van der Waals surface area contributed by atoms with Gasteiger partial charge >= 0.3 is 12.0 Å². The maximum absolute atomic E-state index is 12.6. The van der Waals surface area contributed by atoms with E-state index in [2.05, 4.69) is 15.3 Å². The van der Waals surface area contributed by atoms with Crippen molar-refractivity contribution in [2.24, 2.45) is 0 Å². The van der Waals surface area contributed by atoms with Gasteiger partial charge in [-0.2, -0.15) is 9.97 Å². The van der Waals surface area contributed by atoms with Crippen LogP contribution in [0.5, 0.6) is 17.8 Å². The Morgan fingerprint density at radius 1 is 1.03 bits per heavy atom. The predicted molar refractivity (Wildman–Crippen MR) is 113 cm³/mol. The molecule has 0 amide bonds. The number of carbonyl (C=O) groups is 1. The highest BCUT2D eigenvalue weighted by Gasteiger charge is 2.50. The lowest BCUT2D eigenvalue weighted by Gasteiger charge is -2.43. The minimum atomic E-state index is -1.37. The number of fused-ring (bicyclic) bond motifs is 1. The van der Waals surface area contributed by atoms with Crippen LogP contribution in [0.25, 0.3) is 0 Å². The SMILES string of the molecule is COc1cc(OC)nc(O[C@H](C(=O)O)[C@@]2(c3ccccc3)NCCc3ccccc32)n1. The molecule has 0 spiro atoms. The minimum absolute atomic E-state index is 0.149. The Hall–Kier alpha value is -3.65. The summed E-state index contributed by atoms with van der Waals surface area (Å²) in [4.78, 5) is 21.0. The van der Waals surface area contributed by atoms with Gasteiger partial charge in [-0.1, -0.05) is 54.6 Å². The third-order valence-electron chi connectivity index (χ3n) is 5.39. The van der Waals surface area contributed by atoms with E-state index in [0.717, 1.165) is 23.1 Å². The number of nitrogens with one attached hydrogen (secondary N) is 1. The average Bonchev–Trinajstić information content (AvgIpc) is 2.82. The number of benzene rings is 2. The molecule has 0 radical (unpaired) electrons. The first kappa shape index (κ1) is 20.6. The van der Waals surface area contributed by atoms with E-state index >= 15 is 0 Å². The number of hydrogen-bond acceptors (Lipinski definition) is 7. The van der Waals surface area contributed by atoms with Crippen LogP contribution in [0.15, 0.2) is 60.7 Å². The van der Waals surface area contributed by atoms with Crippen LogP contribution in [0.2, 0.25) is 0 Å². The summed E-state index contributed by atoms with van der Waals surface area (Å²) in [5.74, 6) is -0.744. The van der Waals surface area contributed by atoms with E-state index in [0.29, 0.717) is 6.54 Å². The Kier molecular flexibility index (Phi) is 5.73. The molecular formula is C23H23N3O5. The lowest BCUT2D eigenvalue weighted by molar-refractivity contribution is -0.149. The number of methoxy groups -OCH3 is 2. The van der Waals surface area contributed by atoms with Crippen LogP contribution in [0.4, 0.5) is 0 Å². The zero-order chi connectivity index (χ0) is 21.8. The van der Waals surface area contributed by atoms with Crippen LogP contribution < -0.4 is 19.5 Å². The van der Waals surface area contributed by atoms with Gasteiger partial charge in [0.15, 0.2) is 0 Å². The van der Waals surface area contributed by atoms with E-state index in [9.17, 15) is 9.90 Å². The van der Waals surface area contributed by atoms with Crippen LogP contribution in [-0.2, 0) is 16.8 Å². The third kappa shape index (κ3) is 3.77. The molecule has 0 fully saturated rings. The molecule has 2 N–H and O–H groups in total. The van der Waals surface area contributed by atoms with Crippen molar-refractivity contribution in [3.63, 3.8) is 0 Å². The van der Waals surface area contributed by atoms with Gasteiger partial charge in [-0.3, -0.25) is 5.32 Å². The Balaban J connectivity index is 1.89. The number of ether oxygens (including phenoxy) is 3. The number of rotatable bonds is 7. The number of aromatic nitrogens is 2. The molecule has 160 valence electrons. The molecule has 31 heavy (non-hydrogen) atoms. The Bertz CT molecular complexity index is 1050. The normalized spacial score (nSPS) is 18.5. The molecule has 0 saturated carbocycles. The molecule has 0 bridgehead atoms. The number of aliphatic carboxylic acids is 1. The van der Waals surface area contributed by atoms with E-state index in [1.807, 2.05) is 54.6 Å². The lowest BCUT2D eigenvalue weighted by Crippen LogP contribution is -2.60. The van der Waals surface area contributed by atoms with E-state index < -0.39 is 17.6 Å². The molecule has 8 nitrogen and oxygen atoms in total. The van der Waals surface area contributed by atoms with Crippen molar-refractivity contribution in [3.8, 4) is 17.8 Å². The first-order valence-corrected chi connectivity index (χ1v) is 9.84. The molecule has 1 aromatic heterocycles. The quantitative estimate of drug-likeness (QED) is 0.600. The van der Waals surface area contributed by atoms with Gasteiger partial charge in [-0.15, -0.1) is 0 Å². The zero-order valence-corrected chi connectivity index (χ0v) is 17.2. The van der Waals surface area contributed by atoms with Crippen molar-refractivity contribution in [3.05, 3.63) is 77.4 Å². The Morgan fingerprint density at radius 3 is 2.32 bits per heavy atom. The largest absolute Gasteiger partial charge is 0.481 e. The number of nitrogens with zero attached hydrogens (tertiary/aromatic N) is 2. The fourth-order valence-corrected chi connectivity index (χ4v) is 4.03. The summed E-state index contributed by atoms with van der Waals surface area (Å²) in [6.45, 7) is 0.585. The highest BCUT2D eigenvalue weighted by Crippen LogP contribution is 2.39. The van der Waals surface area contributed by atoms with Gasteiger partial charge in [-0.25, -0.2) is 4.79 Å². The predicted octanol–water partition coefficient (Wildman–Crippen LogP) is 2.42. The van der Waals surface area contributed by atoms with Crippen molar-refractivity contribution < 1.29 is 24.1 Å². The standard InChI is InChI=1S/C23H23N3O5/c1-29-18-14-19(30-2)26-22(25-18)31-20(21(27)28)23(16-9-4-3-5-10-16)17-11-7-6-8-15(17)12-13-24-23/h3-11,14,20,24H,12-13H2,1-2H3,(H,27,28)/t20-,23+/m1/s1. The van der Waals surface area contributed by atoms with Gasteiger partial charge in [0.05, 0.1) is 20.3 Å². The van der Waals surface area contributed by atoms with Crippen LogP contribution in [-0.4, -0.2) is 47.9 Å². The Morgan fingerprint density at radius 2 is 1.68 bits per heavy atom. The van der Waals surface area contributed by atoms with E-state index in [1.165, 1.54) is 20.3 Å². The van der Waals surface area contributed by atoms with Crippen LogP contribution in [0.1, 0.15) is 16.7 Å². The number of hydrogen-bond donors (Lipinski definition) is 2. The molecule has 1 aliphatic heterocycles. The van der Waals surface area contributed by atoms with Gasteiger partial charge in [0.1, 0.15) is 5.54 Å². The number of carboxylic acids is 1. The maximum atomic E-state index is 12.6. The average molecular weight is 421 g/mol. The summed E-state index contributed by atoms with van der Waals surface area (Å²) >= 11 is 0. The first-order valence-electron chi connectivity index (χ1n) is 9.84. The van der Waals surface area contributed by atoms with Gasteiger partial charge in [0.25, 0.3) is 0 Å². The van der Waals surface area contributed by atoms with E-state index in [1.54, 1.807) is 0 Å². The van der Waals surface area contributed by atoms with Crippen molar-refractivity contribution >= 4 is 5.97 Å². The van der Waals surface area contributed by atoms with Crippen molar-refractivity contribution in [2.45, 2.75) is 18.1 Å². The summed E-state index contributed by atoms with van der Waals surface area (Å²) in [6, 6.07) is 18.5. The smallest absolute Gasteiger partial charge is 0.347 e. The minimum Gasteiger partial charge on any atom is -0.481 e. The van der Waals surface area contributed by atoms with E-state index in [4.69, 9.17) is 14.2 Å².